The zero-order valence-electron chi connectivity index (χ0n) is 8.07. The lowest BCUT2D eigenvalue weighted by Crippen LogP contribution is -1.80. The van der Waals surface area contributed by atoms with E-state index in [-0.39, 0.29) is 0 Å². The van der Waals surface area contributed by atoms with Crippen LogP contribution in [0.15, 0.2) is 48.5 Å². The Labute approximate surface area is 83.6 Å². The van der Waals surface area contributed by atoms with Gasteiger partial charge in [-0.2, -0.15) is 0 Å². The first-order valence-electron chi connectivity index (χ1n) is 4.62. The minimum Gasteiger partial charge on any atom is -0.507 e. The second-order valence-electron chi connectivity index (χ2n) is 3.39. The number of aryl methyl sites for hydroxylation is 1. The van der Waals surface area contributed by atoms with Gasteiger partial charge in [0.15, 0.2) is 0 Å². The van der Waals surface area contributed by atoms with E-state index in [0.717, 1.165) is 16.7 Å². The third kappa shape index (κ3) is 1.62. The fourth-order valence-corrected chi connectivity index (χ4v) is 1.50. The Hall–Kier alpha value is -1.76. The van der Waals surface area contributed by atoms with Crippen LogP contribution in [-0.4, -0.2) is 5.11 Å². The van der Waals surface area contributed by atoms with Crippen molar-refractivity contribution in [3.63, 3.8) is 0 Å². The van der Waals surface area contributed by atoms with Crippen LogP contribution in [0, 0.1) is 6.92 Å². The van der Waals surface area contributed by atoms with E-state index in [9.17, 15) is 5.11 Å². The fourth-order valence-electron chi connectivity index (χ4n) is 1.50. The molecule has 0 saturated carbocycles. The van der Waals surface area contributed by atoms with Gasteiger partial charge in [-0.25, -0.2) is 0 Å². The highest BCUT2D eigenvalue weighted by Gasteiger charge is 2.02. The van der Waals surface area contributed by atoms with Crippen molar-refractivity contribution in [2.75, 3.05) is 0 Å². The summed E-state index contributed by atoms with van der Waals surface area (Å²) in [5.74, 6) is 0.335. The third-order valence-corrected chi connectivity index (χ3v) is 2.24. The average Bonchev–Trinajstić information content (AvgIpc) is 2.23. The summed E-state index contributed by atoms with van der Waals surface area (Å²) in [6, 6.07) is 15.5. The first-order chi connectivity index (χ1) is 6.77. The van der Waals surface area contributed by atoms with Crippen molar-refractivity contribution in [3.8, 4) is 16.9 Å². The maximum Gasteiger partial charge on any atom is 0.123 e. The average molecular weight is 184 g/mol. The van der Waals surface area contributed by atoms with Gasteiger partial charge in [-0.1, -0.05) is 42.0 Å². The van der Waals surface area contributed by atoms with Crippen molar-refractivity contribution in [1.82, 2.24) is 0 Å². The maximum atomic E-state index is 9.69. The van der Waals surface area contributed by atoms with Crippen LogP contribution in [0.3, 0.4) is 0 Å². The smallest absolute Gasteiger partial charge is 0.123 e. The molecule has 14 heavy (non-hydrogen) atoms. The Morgan fingerprint density at radius 3 is 2.36 bits per heavy atom. The van der Waals surface area contributed by atoms with Crippen LogP contribution < -0.4 is 0 Å². The zero-order valence-corrected chi connectivity index (χ0v) is 8.07. The van der Waals surface area contributed by atoms with Crippen molar-refractivity contribution in [2.45, 2.75) is 6.92 Å². The van der Waals surface area contributed by atoms with Crippen LogP contribution in [0.2, 0.25) is 0 Å². The standard InChI is InChI=1S/C13H12O/c1-10-7-8-13(14)12(9-10)11-5-3-2-4-6-11/h2-9,14H,1H3. The Bertz CT molecular complexity index is 432. The van der Waals surface area contributed by atoms with E-state index in [2.05, 4.69) is 0 Å². The minimum atomic E-state index is 0.335. The Kier molecular flexibility index (Phi) is 2.23. The van der Waals surface area contributed by atoms with Crippen molar-refractivity contribution >= 4 is 0 Å². The first-order valence-corrected chi connectivity index (χ1v) is 4.62. The normalized spacial score (nSPS) is 10.1. The number of benzene rings is 2. The Morgan fingerprint density at radius 1 is 0.929 bits per heavy atom. The zero-order chi connectivity index (χ0) is 9.97. The van der Waals surface area contributed by atoms with Crippen molar-refractivity contribution in [3.05, 3.63) is 54.1 Å². The fraction of sp³-hybridized carbons (Fsp3) is 0.0769. The summed E-state index contributed by atoms with van der Waals surface area (Å²) < 4.78 is 0. The molecule has 2 aromatic carbocycles. The van der Waals surface area contributed by atoms with E-state index in [1.165, 1.54) is 0 Å². The molecule has 1 heteroatoms. The molecule has 0 heterocycles. The molecule has 0 atom stereocenters. The van der Waals surface area contributed by atoms with Gasteiger partial charge in [0.1, 0.15) is 5.75 Å². The van der Waals surface area contributed by atoms with Crippen LogP contribution in [0.4, 0.5) is 0 Å². The molecule has 0 radical (unpaired) electrons. The lowest BCUT2D eigenvalue weighted by Gasteiger charge is -2.05. The molecule has 0 spiro atoms. The molecule has 2 aromatic rings. The van der Waals surface area contributed by atoms with Crippen LogP contribution in [0.1, 0.15) is 5.56 Å². The summed E-state index contributed by atoms with van der Waals surface area (Å²) >= 11 is 0. The minimum absolute atomic E-state index is 0.335. The molecule has 1 nitrogen and oxygen atoms in total. The number of hydrogen-bond acceptors (Lipinski definition) is 1. The third-order valence-electron chi connectivity index (χ3n) is 2.24. The largest absolute Gasteiger partial charge is 0.507 e. The first kappa shape index (κ1) is 8.82. The van der Waals surface area contributed by atoms with E-state index in [0.29, 0.717) is 5.75 Å². The van der Waals surface area contributed by atoms with Gasteiger partial charge in [0.2, 0.25) is 0 Å². The van der Waals surface area contributed by atoms with Gasteiger partial charge in [-0.05, 0) is 24.6 Å². The maximum absolute atomic E-state index is 9.69. The van der Waals surface area contributed by atoms with Crippen LogP contribution in [0.25, 0.3) is 11.1 Å². The lowest BCUT2D eigenvalue weighted by molar-refractivity contribution is 0.477. The molecule has 0 aliphatic carbocycles. The molecular formula is C13H12O. The highest BCUT2D eigenvalue weighted by molar-refractivity contribution is 5.70. The van der Waals surface area contributed by atoms with Gasteiger partial charge in [-0.15, -0.1) is 0 Å². The van der Waals surface area contributed by atoms with Crippen LogP contribution >= 0.6 is 0 Å². The molecule has 0 amide bonds. The summed E-state index contributed by atoms with van der Waals surface area (Å²) in [5, 5.41) is 9.69. The molecule has 0 bridgehead atoms. The van der Waals surface area contributed by atoms with E-state index in [1.54, 1.807) is 6.07 Å². The van der Waals surface area contributed by atoms with E-state index >= 15 is 0 Å². The van der Waals surface area contributed by atoms with Crippen LogP contribution in [-0.2, 0) is 0 Å². The topological polar surface area (TPSA) is 20.2 Å². The summed E-state index contributed by atoms with van der Waals surface area (Å²) in [4.78, 5) is 0. The van der Waals surface area contributed by atoms with Crippen molar-refractivity contribution in [2.24, 2.45) is 0 Å². The number of aromatic hydroxyl groups is 1. The SMILES string of the molecule is Cc1ccc(O)c(-c2ccccc2)c1. The van der Waals surface area contributed by atoms with Crippen molar-refractivity contribution < 1.29 is 5.11 Å². The van der Waals surface area contributed by atoms with Crippen molar-refractivity contribution in [1.29, 1.82) is 0 Å². The van der Waals surface area contributed by atoms with Gasteiger partial charge in [0.25, 0.3) is 0 Å². The highest BCUT2D eigenvalue weighted by atomic mass is 16.3. The molecule has 0 fully saturated rings. The van der Waals surface area contributed by atoms with E-state index in [1.807, 2.05) is 49.4 Å². The lowest BCUT2D eigenvalue weighted by atomic mass is 10.0. The predicted octanol–water partition coefficient (Wildman–Crippen LogP) is 3.37. The molecule has 2 rings (SSSR count). The second kappa shape index (κ2) is 3.54. The molecule has 0 aromatic heterocycles. The van der Waals surface area contributed by atoms with Gasteiger partial charge < -0.3 is 5.11 Å². The second-order valence-corrected chi connectivity index (χ2v) is 3.39. The molecule has 0 aliphatic heterocycles. The van der Waals surface area contributed by atoms with E-state index < -0.39 is 0 Å². The van der Waals surface area contributed by atoms with Gasteiger partial charge in [-0.3, -0.25) is 0 Å². The molecule has 0 saturated heterocycles. The quantitative estimate of drug-likeness (QED) is 0.720. The monoisotopic (exact) mass is 184 g/mol. The predicted molar refractivity (Wildman–Crippen MR) is 58.3 cm³/mol. The number of phenols is 1. The number of phenolic OH excluding ortho intramolecular Hbond substituents is 1. The summed E-state index contributed by atoms with van der Waals surface area (Å²) in [7, 11) is 0. The molecule has 1 N–H and O–H groups in total. The van der Waals surface area contributed by atoms with Gasteiger partial charge in [0, 0.05) is 5.56 Å². The molecule has 0 aliphatic rings. The molecular weight excluding hydrogens is 172 g/mol. The summed E-state index contributed by atoms with van der Waals surface area (Å²) in [6.07, 6.45) is 0. The molecule has 70 valence electrons. The Morgan fingerprint density at radius 2 is 1.64 bits per heavy atom. The highest BCUT2D eigenvalue weighted by Crippen LogP contribution is 2.29. The van der Waals surface area contributed by atoms with E-state index in [4.69, 9.17) is 0 Å². The molecule has 0 unspecified atom stereocenters. The van der Waals surface area contributed by atoms with Crippen LogP contribution in [0.5, 0.6) is 5.75 Å². The summed E-state index contributed by atoms with van der Waals surface area (Å²) in [5.41, 5.74) is 3.10. The van der Waals surface area contributed by atoms with Gasteiger partial charge in [0.05, 0.1) is 0 Å². The van der Waals surface area contributed by atoms with Gasteiger partial charge >= 0.3 is 0 Å². The number of rotatable bonds is 1. The number of hydrogen-bond donors (Lipinski definition) is 1. The Balaban J connectivity index is 2.57. The summed E-state index contributed by atoms with van der Waals surface area (Å²) in [6.45, 7) is 2.02.